The van der Waals surface area contributed by atoms with Gasteiger partial charge in [0.05, 0.1) is 24.9 Å². The maximum atomic E-state index is 13.0. The second-order valence-corrected chi connectivity index (χ2v) is 7.37. The Kier molecular flexibility index (Phi) is 4.96. The van der Waals surface area contributed by atoms with E-state index in [-0.39, 0.29) is 5.92 Å². The predicted octanol–water partition coefficient (Wildman–Crippen LogP) is 3.52. The van der Waals surface area contributed by atoms with E-state index < -0.39 is 0 Å². The molecule has 26 heavy (non-hydrogen) atoms. The number of hydrogen-bond donors (Lipinski definition) is 0. The minimum absolute atomic E-state index is 0.0757. The van der Waals surface area contributed by atoms with Crippen molar-refractivity contribution in [2.24, 2.45) is 5.92 Å². The Bertz CT molecular complexity index is 758. The molecule has 1 unspecified atom stereocenters. The molecule has 2 aliphatic rings. The molecule has 0 bridgehead atoms. The van der Waals surface area contributed by atoms with Crippen LogP contribution in [0.1, 0.15) is 37.9 Å². The summed E-state index contributed by atoms with van der Waals surface area (Å²) in [6, 6.07) is 8.06. The standard InChI is InChI=1S/C21H27N3O2/c1-26-18-9-6-16(7-10-18)19-14-22-20-11-8-17(15-24(19)20)21(25)23-12-4-2-3-5-13-23/h6-7,9-10,14,17H,2-5,8,11-13,15H2,1H3. The van der Waals surface area contributed by atoms with E-state index in [2.05, 4.69) is 26.6 Å². The molecule has 5 nitrogen and oxygen atoms in total. The van der Waals surface area contributed by atoms with Crippen molar-refractivity contribution in [2.45, 2.75) is 45.1 Å². The first-order valence-electron chi connectivity index (χ1n) is 9.74. The third kappa shape index (κ3) is 3.35. The van der Waals surface area contributed by atoms with Gasteiger partial charge in [0.1, 0.15) is 11.6 Å². The SMILES string of the molecule is COc1ccc(-c2cnc3n2CC(C(=O)N2CCCCCC2)CC3)cc1. The third-order valence-corrected chi connectivity index (χ3v) is 5.71. The number of likely N-dealkylation sites (tertiary alicyclic amines) is 1. The molecule has 1 amide bonds. The summed E-state index contributed by atoms with van der Waals surface area (Å²) < 4.78 is 7.49. The fraction of sp³-hybridized carbons (Fsp3) is 0.524. The van der Waals surface area contributed by atoms with Crippen molar-refractivity contribution in [3.05, 3.63) is 36.3 Å². The van der Waals surface area contributed by atoms with E-state index in [4.69, 9.17) is 4.74 Å². The fourth-order valence-electron chi connectivity index (χ4n) is 4.18. The number of carbonyl (C=O) groups is 1. The largest absolute Gasteiger partial charge is 0.497 e. The van der Waals surface area contributed by atoms with Crippen molar-refractivity contribution in [3.8, 4) is 17.0 Å². The van der Waals surface area contributed by atoms with Gasteiger partial charge in [-0.3, -0.25) is 4.79 Å². The summed E-state index contributed by atoms with van der Waals surface area (Å²) in [7, 11) is 1.68. The van der Waals surface area contributed by atoms with E-state index in [1.54, 1.807) is 7.11 Å². The van der Waals surface area contributed by atoms with Gasteiger partial charge in [-0.2, -0.15) is 0 Å². The Morgan fingerprint density at radius 3 is 2.54 bits per heavy atom. The first-order valence-corrected chi connectivity index (χ1v) is 9.74. The molecule has 0 spiro atoms. The molecule has 1 aromatic heterocycles. The van der Waals surface area contributed by atoms with Gasteiger partial charge in [-0.15, -0.1) is 0 Å². The highest BCUT2D eigenvalue weighted by Crippen LogP contribution is 2.29. The number of ether oxygens (including phenoxy) is 1. The summed E-state index contributed by atoms with van der Waals surface area (Å²) in [5.74, 6) is 2.36. The Morgan fingerprint density at radius 2 is 1.85 bits per heavy atom. The van der Waals surface area contributed by atoms with Gasteiger partial charge in [0, 0.05) is 31.6 Å². The average Bonchev–Trinajstić information content (AvgIpc) is 2.92. The van der Waals surface area contributed by atoms with Gasteiger partial charge in [-0.05, 0) is 43.5 Å². The molecule has 0 aliphatic carbocycles. The van der Waals surface area contributed by atoms with Crippen LogP contribution < -0.4 is 4.74 Å². The van der Waals surface area contributed by atoms with Gasteiger partial charge in [-0.25, -0.2) is 4.98 Å². The Labute approximate surface area is 155 Å². The smallest absolute Gasteiger partial charge is 0.227 e. The van der Waals surface area contributed by atoms with Crippen molar-refractivity contribution >= 4 is 5.91 Å². The molecule has 0 saturated carbocycles. The molecule has 1 aromatic carbocycles. The molecule has 1 atom stereocenters. The normalized spacial score (nSPS) is 20.3. The average molecular weight is 353 g/mol. The van der Waals surface area contributed by atoms with Crippen LogP contribution in [-0.4, -0.2) is 40.6 Å². The number of methoxy groups -OCH3 is 1. The highest BCUT2D eigenvalue weighted by molar-refractivity contribution is 5.79. The lowest BCUT2D eigenvalue weighted by molar-refractivity contribution is -0.136. The van der Waals surface area contributed by atoms with Crippen LogP contribution >= 0.6 is 0 Å². The summed E-state index contributed by atoms with van der Waals surface area (Å²) in [4.78, 5) is 19.8. The molecule has 5 heteroatoms. The van der Waals surface area contributed by atoms with Gasteiger partial charge in [0.25, 0.3) is 0 Å². The molecule has 0 radical (unpaired) electrons. The monoisotopic (exact) mass is 353 g/mol. The first-order chi connectivity index (χ1) is 12.8. The number of aromatic nitrogens is 2. The molecule has 2 aromatic rings. The molecule has 2 aliphatic heterocycles. The minimum atomic E-state index is 0.0757. The zero-order valence-electron chi connectivity index (χ0n) is 15.5. The van der Waals surface area contributed by atoms with Crippen LogP contribution in [0.2, 0.25) is 0 Å². The lowest BCUT2D eigenvalue weighted by Gasteiger charge is -2.30. The molecule has 138 valence electrons. The zero-order chi connectivity index (χ0) is 17.9. The van der Waals surface area contributed by atoms with Crippen LogP contribution in [0, 0.1) is 5.92 Å². The summed E-state index contributed by atoms with van der Waals surface area (Å²) in [6.45, 7) is 2.60. The van der Waals surface area contributed by atoms with E-state index in [0.29, 0.717) is 5.91 Å². The highest BCUT2D eigenvalue weighted by atomic mass is 16.5. The second kappa shape index (κ2) is 7.52. The van der Waals surface area contributed by atoms with Crippen molar-refractivity contribution in [3.63, 3.8) is 0 Å². The lowest BCUT2D eigenvalue weighted by Crippen LogP contribution is -2.40. The van der Waals surface area contributed by atoms with Crippen molar-refractivity contribution in [1.29, 1.82) is 0 Å². The number of carbonyl (C=O) groups excluding carboxylic acids is 1. The number of aryl methyl sites for hydroxylation is 1. The van der Waals surface area contributed by atoms with Gasteiger partial charge < -0.3 is 14.2 Å². The Balaban J connectivity index is 1.54. The van der Waals surface area contributed by atoms with E-state index >= 15 is 0 Å². The quantitative estimate of drug-likeness (QED) is 0.848. The Morgan fingerprint density at radius 1 is 1.12 bits per heavy atom. The molecular weight excluding hydrogens is 326 g/mol. The first kappa shape index (κ1) is 17.1. The molecule has 4 rings (SSSR count). The minimum Gasteiger partial charge on any atom is -0.497 e. The van der Waals surface area contributed by atoms with Crippen LogP contribution in [0.4, 0.5) is 0 Å². The van der Waals surface area contributed by atoms with Crippen molar-refractivity contribution < 1.29 is 9.53 Å². The van der Waals surface area contributed by atoms with Crippen molar-refractivity contribution in [2.75, 3.05) is 20.2 Å². The van der Waals surface area contributed by atoms with Crippen LogP contribution in [0.3, 0.4) is 0 Å². The molecule has 1 fully saturated rings. The maximum absolute atomic E-state index is 13.0. The third-order valence-electron chi connectivity index (χ3n) is 5.71. The topological polar surface area (TPSA) is 47.4 Å². The lowest BCUT2D eigenvalue weighted by atomic mass is 9.97. The highest BCUT2D eigenvalue weighted by Gasteiger charge is 2.30. The maximum Gasteiger partial charge on any atom is 0.227 e. The molecule has 3 heterocycles. The number of fused-ring (bicyclic) bond motifs is 1. The van der Waals surface area contributed by atoms with Gasteiger partial charge in [0.2, 0.25) is 5.91 Å². The number of nitrogens with zero attached hydrogens (tertiary/aromatic N) is 3. The number of amides is 1. The number of imidazole rings is 1. The second-order valence-electron chi connectivity index (χ2n) is 7.37. The summed E-state index contributed by atoms with van der Waals surface area (Å²) in [5, 5.41) is 0. The van der Waals surface area contributed by atoms with Crippen LogP contribution in [0.25, 0.3) is 11.3 Å². The van der Waals surface area contributed by atoms with E-state index in [9.17, 15) is 4.79 Å². The van der Waals surface area contributed by atoms with Gasteiger partial charge >= 0.3 is 0 Å². The number of rotatable bonds is 3. The number of benzene rings is 1. The molecule has 0 N–H and O–H groups in total. The van der Waals surface area contributed by atoms with Crippen LogP contribution in [-0.2, 0) is 17.8 Å². The number of hydrogen-bond acceptors (Lipinski definition) is 3. The van der Waals surface area contributed by atoms with E-state index in [1.807, 2.05) is 18.3 Å². The summed E-state index contributed by atoms with van der Waals surface area (Å²) in [6.07, 6.45) is 8.52. The van der Waals surface area contributed by atoms with E-state index in [1.165, 1.54) is 12.8 Å². The van der Waals surface area contributed by atoms with E-state index in [0.717, 1.165) is 68.1 Å². The zero-order valence-corrected chi connectivity index (χ0v) is 15.5. The molecular formula is C21H27N3O2. The Hall–Kier alpha value is -2.30. The van der Waals surface area contributed by atoms with Crippen LogP contribution in [0.15, 0.2) is 30.5 Å². The van der Waals surface area contributed by atoms with Gasteiger partial charge in [0.15, 0.2) is 0 Å². The summed E-state index contributed by atoms with van der Waals surface area (Å²) in [5.41, 5.74) is 2.21. The summed E-state index contributed by atoms with van der Waals surface area (Å²) >= 11 is 0. The predicted molar refractivity (Wildman–Crippen MR) is 101 cm³/mol. The molecule has 1 saturated heterocycles. The van der Waals surface area contributed by atoms with Crippen LogP contribution in [0.5, 0.6) is 5.75 Å². The fourth-order valence-corrected chi connectivity index (χ4v) is 4.18. The van der Waals surface area contributed by atoms with Crippen molar-refractivity contribution in [1.82, 2.24) is 14.5 Å². The van der Waals surface area contributed by atoms with Gasteiger partial charge in [-0.1, -0.05) is 12.8 Å².